The number of carbonyl (C=O) groups excluding carboxylic acids is 2. The predicted octanol–water partition coefficient (Wildman–Crippen LogP) is 2.14. The molecule has 1 heterocycles. The van der Waals surface area contributed by atoms with Crippen LogP contribution in [0.5, 0.6) is 0 Å². The summed E-state index contributed by atoms with van der Waals surface area (Å²) in [6, 6.07) is 17.6. The zero-order valence-corrected chi connectivity index (χ0v) is 16.7. The molecule has 1 aliphatic heterocycles. The molecule has 0 spiro atoms. The maximum atomic E-state index is 13.0. The van der Waals surface area contributed by atoms with Crippen LogP contribution in [0, 0.1) is 0 Å². The van der Waals surface area contributed by atoms with E-state index in [0.29, 0.717) is 12.8 Å². The Hall–Kier alpha value is -3.19. The lowest BCUT2D eigenvalue weighted by Gasteiger charge is -2.35. The summed E-state index contributed by atoms with van der Waals surface area (Å²) < 4.78 is 5.28. The second kappa shape index (κ2) is 9.54. The monoisotopic (exact) mass is 410 g/mol. The molecule has 2 aromatic rings. The number of carboxylic acids is 1. The van der Waals surface area contributed by atoms with Gasteiger partial charge in [0, 0.05) is 6.54 Å². The Labute approximate surface area is 175 Å². The van der Waals surface area contributed by atoms with Gasteiger partial charge in [0.15, 0.2) is 5.54 Å². The lowest BCUT2D eigenvalue weighted by Crippen LogP contribution is -2.58. The van der Waals surface area contributed by atoms with Crippen LogP contribution in [0.4, 0.5) is 0 Å². The number of nitrogens with two attached hydrogens (primary N) is 1. The average molecular weight is 410 g/mol. The van der Waals surface area contributed by atoms with Crippen LogP contribution >= 0.6 is 0 Å². The van der Waals surface area contributed by atoms with E-state index in [1.54, 1.807) is 0 Å². The quantitative estimate of drug-likeness (QED) is 0.645. The summed E-state index contributed by atoms with van der Waals surface area (Å²) in [6.45, 7) is 0.302. The number of carboxylic acid groups (broad SMARTS) is 1. The van der Waals surface area contributed by atoms with Crippen LogP contribution in [-0.2, 0) is 32.1 Å². The molecule has 1 aliphatic rings. The Morgan fingerprint density at radius 3 is 2.23 bits per heavy atom. The van der Waals surface area contributed by atoms with Gasteiger partial charge in [-0.05, 0) is 30.4 Å². The Balaban J connectivity index is 1.69. The van der Waals surface area contributed by atoms with Crippen molar-refractivity contribution in [1.82, 2.24) is 4.90 Å². The zero-order chi connectivity index (χ0) is 21.6. The normalized spacial score (nSPS) is 19.3. The van der Waals surface area contributed by atoms with Gasteiger partial charge in [-0.3, -0.25) is 9.59 Å². The third-order valence-electron chi connectivity index (χ3n) is 5.45. The average Bonchev–Trinajstić information content (AvgIpc) is 3.18. The van der Waals surface area contributed by atoms with Gasteiger partial charge in [0.2, 0.25) is 5.91 Å². The summed E-state index contributed by atoms with van der Waals surface area (Å²) in [6.07, 6.45) is 0.567. The second-order valence-electron chi connectivity index (χ2n) is 7.55. The zero-order valence-electron chi connectivity index (χ0n) is 16.7. The highest BCUT2D eigenvalue weighted by Crippen LogP contribution is 2.34. The summed E-state index contributed by atoms with van der Waals surface area (Å²) in [7, 11) is 0. The highest BCUT2D eigenvalue weighted by Gasteiger charge is 2.52. The van der Waals surface area contributed by atoms with Gasteiger partial charge in [-0.2, -0.15) is 0 Å². The molecule has 0 aliphatic carbocycles. The number of benzene rings is 2. The highest BCUT2D eigenvalue weighted by molar-refractivity contribution is 5.93. The number of ether oxygens (including phenoxy) is 1. The molecule has 3 rings (SSSR count). The third-order valence-corrected chi connectivity index (χ3v) is 5.45. The van der Waals surface area contributed by atoms with Gasteiger partial charge < -0.3 is 20.5 Å². The van der Waals surface area contributed by atoms with E-state index in [9.17, 15) is 19.5 Å². The number of carbonyl (C=O) groups is 3. The van der Waals surface area contributed by atoms with Crippen molar-refractivity contribution < 1.29 is 24.2 Å². The molecular formula is C23H26N2O5. The molecule has 7 heteroatoms. The Kier molecular flexibility index (Phi) is 6.84. The van der Waals surface area contributed by atoms with Crippen molar-refractivity contribution in [2.75, 3.05) is 6.54 Å². The smallest absolute Gasteiger partial charge is 0.330 e. The van der Waals surface area contributed by atoms with Crippen molar-refractivity contribution in [2.45, 2.75) is 43.9 Å². The number of nitrogens with zero attached hydrogens (tertiary/aromatic N) is 1. The van der Waals surface area contributed by atoms with Crippen molar-refractivity contribution in [3.05, 3.63) is 71.8 Å². The van der Waals surface area contributed by atoms with E-state index in [1.807, 2.05) is 60.7 Å². The van der Waals surface area contributed by atoms with Crippen molar-refractivity contribution in [3.63, 3.8) is 0 Å². The first kappa shape index (κ1) is 21.5. The summed E-state index contributed by atoms with van der Waals surface area (Å²) in [5.74, 6) is -2.33. The van der Waals surface area contributed by atoms with E-state index in [4.69, 9.17) is 10.5 Å². The number of rotatable bonds is 8. The molecule has 0 aromatic heterocycles. The minimum absolute atomic E-state index is 0.0524. The van der Waals surface area contributed by atoms with E-state index in [0.717, 1.165) is 11.1 Å². The molecule has 158 valence electrons. The molecule has 2 atom stereocenters. The van der Waals surface area contributed by atoms with Gasteiger partial charge >= 0.3 is 11.9 Å². The molecule has 0 radical (unpaired) electrons. The van der Waals surface area contributed by atoms with E-state index in [-0.39, 0.29) is 19.6 Å². The molecular weight excluding hydrogens is 384 g/mol. The molecule has 1 amide bonds. The van der Waals surface area contributed by atoms with Crippen LogP contribution in [0.2, 0.25) is 0 Å². The number of hydrogen-bond acceptors (Lipinski definition) is 5. The van der Waals surface area contributed by atoms with Crippen LogP contribution in [-0.4, -0.2) is 46.0 Å². The number of esters is 1. The van der Waals surface area contributed by atoms with Crippen molar-refractivity contribution in [2.24, 2.45) is 5.73 Å². The molecule has 1 fully saturated rings. The first-order valence-corrected chi connectivity index (χ1v) is 9.96. The van der Waals surface area contributed by atoms with Crippen molar-refractivity contribution in [3.8, 4) is 0 Å². The number of likely N-dealkylation sites (tertiary alicyclic amines) is 1. The number of hydrogen-bond donors (Lipinski definition) is 2. The molecule has 0 saturated carbocycles. The summed E-state index contributed by atoms with van der Waals surface area (Å²) in [5.41, 5.74) is 6.18. The fraction of sp³-hybridized carbons (Fsp3) is 0.348. The molecule has 0 unspecified atom stereocenters. The minimum atomic E-state index is -1.63. The fourth-order valence-electron chi connectivity index (χ4n) is 3.86. The summed E-state index contributed by atoms with van der Waals surface area (Å²) in [5, 5.41) is 9.95. The molecule has 30 heavy (non-hydrogen) atoms. The first-order valence-electron chi connectivity index (χ1n) is 9.96. The van der Waals surface area contributed by atoms with Gasteiger partial charge in [-0.1, -0.05) is 60.7 Å². The van der Waals surface area contributed by atoms with Crippen molar-refractivity contribution >= 4 is 17.8 Å². The largest absolute Gasteiger partial charge is 0.479 e. The van der Waals surface area contributed by atoms with Crippen molar-refractivity contribution in [1.29, 1.82) is 0 Å². The van der Waals surface area contributed by atoms with Gasteiger partial charge in [0.25, 0.3) is 0 Å². The third kappa shape index (κ3) is 4.86. The van der Waals surface area contributed by atoms with E-state index < -0.39 is 35.8 Å². The topological polar surface area (TPSA) is 110 Å². The SMILES string of the molecule is N[C@H](Cc1ccccc1)C(=O)N1CCC[C@@]1(CC(=O)OCc1ccccc1)C(=O)O. The van der Waals surface area contributed by atoms with Gasteiger partial charge in [0.1, 0.15) is 6.61 Å². The van der Waals surface area contributed by atoms with E-state index in [1.165, 1.54) is 4.90 Å². The Morgan fingerprint density at radius 1 is 1.03 bits per heavy atom. The maximum Gasteiger partial charge on any atom is 0.330 e. The predicted molar refractivity (Wildman–Crippen MR) is 110 cm³/mol. The van der Waals surface area contributed by atoms with E-state index >= 15 is 0 Å². The summed E-state index contributed by atoms with van der Waals surface area (Å²) >= 11 is 0. The molecule has 0 bridgehead atoms. The lowest BCUT2D eigenvalue weighted by atomic mass is 9.91. The molecule has 7 nitrogen and oxygen atoms in total. The minimum Gasteiger partial charge on any atom is -0.479 e. The summed E-state index contributed by atoms with van der Waals surface area (Å²) in [4.78, 5) is 38.9. The Bertz CT molecular complexity index is 887. The Morgan fingerprint density at radius 2 is 1.63 bits per heavy atom. The van der Waals surface area contributed by atoms with Crippen LogP contribution in [0.3, 0.4) is 0 Å². The number of amides is 1. The second-order valence-corrected chi connectivity index (χ2v) is 7.55. The fourth-order valence-corrected chi connectivity index (χ4v) is 3.86. The van der Waals surface area contributed by atoms with Crippen LogP contribution in [0.25, 0.3) is 0 Å². The van der Waals surface area contributed by atoms with E-state index in [2.05, 4.69) is 0 Å². The van der Waals surface area contributed by atoms with Gasteiger partial charge in [0.05, 0.1) is 12.5 Å². The molecule has 2 aromatic carbocycles. The maximum absolute atomic E-state index is 13.0. The number of aliphatic carboxylic acids is 1. The van der Waals surface area contributed by atoms with Crippen LogP contribution in [0.15, 0.2) is 60.7 Å². The molecule has 1 saturated heterocycles. The van der Waals surface area contributed by atoms with Crippen LogP contribution < -0.4 is 5.73 Å². The van der Waals surface area contributed by atoms with Crippen LogP contribution in [0.1, 0.15) is 30.4 Å². The standard InChI is InChI=1S/C23H26N2O5/c24-19(14-17-8-3-1-4-9-17)21(27)25-13-7-12-23(25,22(28)29)15-20(26)30-16-18-10-5-2-6-11-18/h1-6,8-11,19H,7,12-16,24H2,(H,28,29)/t19-,23-/m1/s1. The molecule has 3 N–H and O–H groups in total. The van der Waals surface area contributed by atoms with Gasteiger partial charge in [-0.25, -0.2) is 4.79 Å². The van der Waals surface area contributed by atoms with Gasteiger partial charge in [-0.15, -0.1) is 0 Å². The first-order chi connectivity index (χ1) is 14.4. The lowest BCUT2D eigenvalue weighted by molar-refractivity contribution is -0.164. The highest BCUT2D eigenvalue weighted by atomic mass is 16.5.